The smallest absolute Gasteiger partial charge is 0.226 e. The average molecular weight is 343 g/mol. The van der Waals surface area contributed by atoms with E-state index >= 15 is 0 Å². The third-order valence-corrected chi connectivity index (χ3v) is 3.55. The van der Waals surface area contributed by atoms with Crippen LogP contribution < -0.4 is 10.1 Å². The average Bonchev–Trinajstić information content (AvgIpc) is 3.10. The molecule has 0 aliphatic carbocycles. The molecule has 0 saturated carbocycles. The van der Waals surface area contributed by atoms with Crippen LogP contribution in [0.4, 0.5) is 5.69 Å². The van der Waals surface area contributed by atoms with Gasteiger partial charge in [0.15, 0.2) is 0 Å². The van der Waals surface area contributed by atoms with Crippen molar-refractivity contribution in [3.63, 3.8) is 0 Å². The van der Waals surface area contributed by atoms with Gasteiger partial charge in [0, 0.05) is 12.1 Å². The molecule has 122 valence electrons. The Labute approximate surface area is 144 Å². The molecule has 6 nitrogen and oxygen atoms in total. The predicted octanol–water partition coefficient (Wildman–Crippen LogP) is 3.75. The van der Waals surface area contributed by atoms with Crippen molar-refractivity contribution >= 4 is 23.2 Å². The molecule has 0 saturated heterocycles. The number of carbonyl (C=O) groups excluding carboxylic acids is 1. The zero-order chi connectivity index (χ0) is 16.8. The number of nitrogens with one attached hydrogen (secondary N) is 1. The molecule has 0 atom stereocenters. The Morgan fingerprint density at radius 1 is 1.17 bits per heavy atom. The summed E-state index contributed by atoms with van der Waals surface area (Å²) in [4.78, 5) is 15.7. The SMILES string of the molecule is O=C(CCn1cncn1)Nc1ccc(Oc2ccccc2Cl)cc1. The van der Waals surface area contributed by atoms with Crippen LogP contribution in [-0.2, 0) is 11.3 Å². The van der Waals surface area contributed by atoms with Crippen molar-refractivity contribution in [1.82, 2.24) is 14.8 Å². The van der Waals surface area contributed by atoms with Crippen molar-refractivity contribution in [3.8, 4) is 11.5 Å². The number of hydrogen-bond donors (Lipinski definition) is 1. The second-order valence-corrected chi connectivity index (χ2v) is 5.42. The number of halogens is 1. The van der Waals surface area contributed by atoms with Gasteiger partial charge in [-0.25, -0.2) is 4.98 Å². The number of aromatic nitrogens is 3. The molecule has 0 aliphatic rings. The Balaban J connectivity index is 1.54. The number of anilines is 1. The van der Waals surface area contributed by atoms with E-state index in [0.29, 0.717) is 35.2 Å². The molecule has 1 heterocycles. The fraction of sp³-hybridized carbons (Fsp3) is 0.118. The van der Waals surface area contributed by atoms with Gasteiger partial charge in [0.2, 0.25) is 5.91 Å². The van der Waals surface area contributed by atoms with E-state index < -0.39 is 0 Å². The Kier molecular flexibility index (Phi) is 5.08. The van der Waals surface area contributed by atoms with E-state index in [2.05, 4.69) is 15.4 Å². The van der Waals surface area contributed by atoms with Crippen LogP contribution in [-0.4, -0.2) is 20.7 Å². The van der Waals surface area contributed by atoms with Gasteiger partial charge in [-0.3, -0.25) is 9.48 Å². The first-order valence-corrected chi connectivity index (χ1v) is 7.73. The lowest BCUT2D eigenvalue weighted by Gasteiger charge is -2.09. The zero-order valence-electron chi connectivity index (χ0n) is 12.7. The molecule has 3 aromatic rings. The number of hydrogen-bond acceptors (Lipinski definition) is 4. The number of ether oxygens (including phenoxy) is 1. The highest BCUT2D eigenvalue weighted by Gasteiger charge is 2.05. The number of nitrogens with zero attached hydrogens (tertiary/aromatic N) is 3. The lowest BCUT2D eigenvalue weighted by Crippen LogP contribution is -2.14. The quantitative estimate of drug-likeness (QED) is 0.740. The summed E-state index contributed by atoms with van der Waals surface area (Å²) in [6.45, 7) is 0.486. The molecule has 1 aromatic heterocycles. The molecule has 0 spiro atoms. The van der Waals surface area contributed by atoms with Crippen LogP contribution in [0.1, 0.15) is 6.42 Å². The molecule has 3 rings (SSSR count). The second-order valence-electron chi connectivity index (χ2n) is 5.01. The van der Waals surface area contributed by atoms with E-state index in [1.807, 2.05) is 12.1 Å². The maximum Gasteiger partial charge on any atom is 0.226 e. The van der Waals surface area contributed by atoms with E-state index in [0.717, 1.165) is 0 Å². The standard InChI is InChI=1S/C17H15ClN4O2/c18-15-3-1-2-4-16(15)24-14-7-5-13(6-8-14)21-17(23)9-10-22-12-19-11-20-22/h1-8,11-12H,9-10H2,(H,21,23). The summed E-state index contributed by atoms with van der Waals surface area (Å²) < 4.78 is 7.31. The minimum absolute atomic E-state index is 0.0923. The van der Waals surface area contributed by atoms with Gasteiger partial charge in [-0.15, -0.1) is 0 Å². The third-order valence-electron chi connectivity index (χ3n) is 3.24. The number of aryl methyl sites for hydroxylation is 1. The molecule has 7 heteroatoms. The van der Waals surface area contributed by atoms with Gasteiger partial charge in [-0.1, -0.05) is 23.7 Å². The van der Waals surface area contributed by atoms with E-state index in [9.17, 15) is 4.79 Å². The van der Waals surface area contributed by atoms with Crippen molar-refractivity contribution in [1.29, 1.82) is 0 Å². The summed E-state index contributed by atoms with van der Waals surface area (Å²) in [6, 6.07) is 14.4. The first-order chi connectivity index (χ1) is 11.7. The van der Waals surface area contributed by atoms with E-state index in [1.54, 1.807) is 47.4 Å². The molecular formula is C17H15ClN4O2. The molecule has 0 fully saturated rings. The predicted molar refractivity (Wildman–Crippen MR) is 91.2 cm³/mol. The van der Waals surface area contributed by atoms with Crippen molar-refractivity contribution in [3.05, 3.63) is 66.2 Å². The molecule has 24 heavy (non-hydrogen) atoms. The topological polar surface area (TPSA) is 69.0 Å². The molecular weight excluding hydrogens is 328 g/mol. The van der Waals surface area contributed by atoms with Crippen LogP contribution in [0.15, 0.2) is 61.2 Å². The molecule has 0 radical (unpaired) electrons. The molecule has 0 unspecified atom stereocenters. The normalized spacial score (nSPS) is 10.4. The van der Waals surface area contributed by atoms with Gasteiger partial charge in [0.25, 0.3) is 0 Å². The summed E-state index contributed by atoms with van der Waals surface area (Å²) in [5.74, 6) is 1.14. The molecule has 1 amide bonds. The number of para-hydroxylation sites is 1. The number of benzene rings is 2. The van der Waals surface area contributed by atoms with Gasteiger partial charge in [-0.05, 0) is 36.4 Å². The summed E-state index contributed by atoms with van der Waals surface area (Å²) in [7, 11) is 0. The fourth-order valence-corrected chi connectivity index (χ4v) is 2.22. The minimum atomic E-state index is -0.0923. The van der Waals surface area contributed by atoms with Gasteiger partial charge < -0.3 is 10.1 Å². The second kappa shape index (κ2) is 7.61. The van der Waals surface area contributed by atoms with Crippen molar-refractivity contribution in [2.45, 2.75) is 13.0 Å². The highest BCUT2D eigenvalue weighted by molar-refractivity contribution is 6.32. The molecule has 0 aliphatic heterocycles. The first kappa shape index (κ1) is 16.0. The lowest BCUT2D eigenvalue weighted by atomic mass is 10.3. The molecule has 2 aromatic carbocycles. The van der Waals surface area contributed by atoms with Crippen LogP contribution >= 0.6 is 11.6 Å². The Morgan fingerprint density at radius 3 is 2.67 bits per heavy atom. The molecule has 1 N–H and O–H groups in total. The minimum Gasteiger partial charge on any atom is -0.456 e. The maximum atomic E-state index is 11.9. The monoisotopic (exact) mass is 342 g/mol. The highest BCUT2D eigenvalue weighted by Crippen LogP contribution is 2.29. The third kappa shape index (κ3) is 4.33. The van der Waals surface area contributed by atoms with Crippen molar-refractivity contribution in [2.75, 3.05) is 5.32 Å². The Morgan fingerprint density at radius 2 is 1.96 bits per heavy atom. The van der Waals surface area contributed by atoms with Crippen LogP contribution in [0.2, 0.25) is 5.02 Å². The summed E-state index contributed by atoms with van der Waals surface area (Å²) >= 11 is 6.06. The summed E-state index contributed by atoms with van der Waals surface area (Å²) in [5.41, 5.74) is 0.699. The van der Waals surface area contributed by atoms with Crippen LogP contribution in [0, 0.1) is 0 Å². The number of rotatable bonds is 6. The van der Waals surface area contributed by atoms with Gasteiger partial charge in [-0.2, -0.15) is 5.10 Å². The Bertz CT molecular complexity index is 804. The van der Waals surface area contributed by atoms with Crippen LogP contribution in [0.3, 0.4) is 0 Å². The largest absolute Gasteiger partial charge is 0.456 e. The lowest BCUT2D eigenvalue weighted by molar-refractivity contribution is -0.116. The van der Waals surface area contributed by atoms with Gasteiger partial charge >= 0.3 is 0 Å². The number of carbonyl (C=O) groups is 1. The first-order valence-electron chi connectivity index (χ1n) is 7.35. The van der Waals surface area contributed by atoms with Crippen LogP contribution in [0.25, 0.3) is 0 Å². The maximum absolute atomic E-state index is 11.9. The highest BCUT2D eigenvalue weighted by atomic mass is 35.5. The van der Waals surface area contributed by atoms with Crippen LogP contribution in [0.5, 0.6) is 11.5 Å². The van der Waals surface area contributed by atoms with E-state index in [-0.39, 0.29) is 5.91 Å². The zero-order valence-corrected chi connectivity index (χ0v) is 13.5. The summed E-state index contributed by atoms with van der Waals surface area (Å²) in [5, 5.41) is 7.32. The van der Waals surface area contributed by atoms with Crippen molar-refractivity contribution in [2.24, 2.45) is 0 Å². The molecule has 0 bridgehead atoms. The number of amides is 1. The summed E-state index contributed by atoms with van der Waals surface area (Å²) in [6.07, 6.45) is 3.34. The Hall–Kier alpha value is -2.86. The van der Waals surface area contributed by atoms with E-state index in [1.165, 1.54) is 6.33 Å². The van der Waals surface area contributed by atoms with E-state index in [4.69, 9.17) is 16.3 Å². The fourth-order valence-electron chi connectivity index (χ4n) is 2.05. The van der Waals surface area contributed by atoms with Crippen molar-refractivity contribution < 1.29 is 9.53 Å². The van der Waals surface area contributed by atoms with Gasteiger partial charge in [0.1, 0.15) is 24.2 Å². The van der Waals surface area contributed by atoms with Gasteiger partial charge in [0.05, 0.1) is 11.6 Å².